The van der Waals surface area contributed by atoms with Crippen molar-refractivity contribution in [2.45, 2.75) is 59.4 Å². The molecule has 1 saturated heterocycles. The van der Waals surface area contributed by atoms with Crippen LogP contribution in [0.5, 0.6) is 0 Å². The third-order valence-corrected chi connectivity index (χ3v) is 8.59. The van der Waals surface area contributed by atoms with E-state index in [4.69, 9.17) is 14.6 Å². The zero-order chi connectivity index (χ0) is 27.3. The van der Waals surface area contributed by atoms with Crippen LogP contribution in [0.25, 0.3) is 10.9 Å². The van der Waals surface area contributed by atoms with Crippen molar-refractivity contribution in [1.29, 1.82) is 0 Å². The highest BCUT2D eigenvalue weighted by atomic mass is 32.3. The number of carbonyl (C=O) groups excluding carboxylic acids is 2. The van der Waals surface area contributed by atoms with Crippen molar-refractivity contribution < 1.29 is 19.1 Å². The highest BCUT2D eigenvalue weighted by Crippen LogP contribution is 2.52. The summed E-state index contributed by atoms with van der Waals surface area (Å²) in [5, 5.41) is 9.25. The molecule has 2 aliphatic rings. The minimum atomic E-state index is -0.661. The van der Waals surface area contributed by atoms with Gasteiger partial charge in [0.05, 0.1) is 23.4 Å². The molecule has 1 aromatic carbocycles. The number of nitrogens with zero attached hydrogens (tertiary/aromatic N) is 3. The summed E-state index contributed by atoms with van der Waals surface area (Å²) in [7, 11) is -0.617. The molecule has 1 unspecified atom stereocenters. The summed E-state index contributed by atoms with van der Waals surface area (Å²) in [4.78, 5) is 27.5. The molecule has 4 rings (SSSR count). The van der Waals surface area contributed by atoms with Crippen molar-refractivity contribution in [3.05, 3.63) is 29.5 Å². The van der Waals surface area contributed by atoms with Gasteiger partial charge < -0.3 is 19.7 Å². The Balaban J connectivity index is 1.43. The van der Waals surface area contributed by atoms with E-state index in [1.807, 2.05) is 45.4 Å². The minimum absolute atomic E-state index is 0.0311. The molecule has 1 aliphatic carbocycles. The number of aromatic nitrogens is 2. The van der Waals surface area contributed by atoms with Gasteiger partial charge in [-0.1, -0.05) is 18.2 Å². The van der Waals surface area contributed by atoms with Crippen molar-refractivity contribution >= 4 is 32.9 Å². The quantitative estimate of drug-likeness (QED) is 0.507. The fourth-order valence-corrected chi connectivity index (χ4v) is 5.89. The molecule has 9 heteroatoms. The van der Waals surface area contributed by atoms with Gasteiger partial charge in [-0.05, 0) is 77.7 Å². The van der Waals surface area contributed by atoms with Crippen LogP contribution in [-0.2, 0) is 26.5 Å². The summed E-state index contributed by atoms with van der Waals surface area (Å²) in [5.74, 6) is 1.39. The number of aryl methyl sites for hydroxylation is 1. The number of fused-ring (bicyclic) bond motifs is 2. The van der Waals surface area contributed by atoms with E-state index >= 15 is 0 Å². The second-order valence-electron chi connectivity index (χ2n) is 13.0. The molecule has 37 heavy (non-hydrogen) atoms. The largest absolute Gasteiger partial charge is 0.444 e. The SMILES string of the molecule is Cc1cccc2c(C(C)(C)NC(=O)C3[C@H]4CN(C(=O)OC(C)(C)C)C[C@@H]34)nn(COCCS(C)(C)C)c12. The molecular formula is C28H44N4O4S. The van der Waals surface area contributed by atoms with Crippen LogP contribution in [-0.4, -0.2) is 76.5 Å². The number of hydrogen-bond donors (Lipinski definition) is 1. The number of para-hydroxylation sites is 1. The summed E-state index contributed by atoms with van der Waals surface area (Å²) in [5.41, 5.74) is 1.83. The molecule has 0 spiro atoms. The summed E-state index contributed by atoms with van der Waals surface area (Å²) in [6, 6.07) is 6.18. The molecular weight excluding hydrogens is 488 g/mol. The molecule has 2 amide bonds. The number of nitrogens with one attached hydrogen (secondary N) is 1. The zero-order valence-electron chi connectivity index (χ0n) is 23.9. The molecule has 2 aromatic rings. The van der Waals surface area contributed by atoms with Gasteiger partial charge in [-0.2, -0.15) is 5.10 Å². The topological polar surface area (TPSA) is 85.7 Å². The Kier molecular flexibility index (Phi) is 7.36. The smallest absolute Gasteiger partial charge is 0.410 e. The molecule has 1 N–H and O–H groups in total. The first kappa shape index (κ1) is 27.8. The maximum Gasteiger partial charge on any atom is 0.410 e. The van der Waals surface area contributed by atoms with Gasteiger partial charge in [0, 0.05) is 30.1 Å². The second-order valence-corrected chi connectivity index (χ2v) is 17.6. The van der Waals surface area contributed by atoms with Crippen molar-refractivity contribution in [1.82, 2.24) is 20.0 Å². The summed E-state index contributed by atoms with van der Waals surface area (Å²) in [6.07, 6.45) is 6.57. The maximum absolute atomic E-state index is 13.3. The van der Waals surface area contributed by atoms with E-state index in [1.54, 1.807) is 4.90 Å². The van der Waals surface area contributed by atoms with Crippen LogP contribution >= 0.6 is 10.0 Å². The summed E-state index contributed by atoms with van der Waals surface area (Å²) in [6.45, 7) is 13.9. The van der Waals surface area contributed by atoms with E-state index in [1.165, 1.54) is 0 Å². The van der Waals surface area contributed by atoms with Crippen LogP contribution in [0.15, 0.2) is 18.2 Å². The van der Waals surface area contributed by atoms with Crippen LogP contribution in [0.3, 0.4) is 0 Å². The van der Waals surface area contributed by atoms with Crippen LogP contribution < -0.4 is 5.32 Å². The molecule has 1 aliphatic heterocycles. The predicted molar refractivity (Wildman–Crippen MR) is 150 cm³/mol. The van der Waals surface area contributed by atoms with E-state index in [0.717, 1.165) is 27.9 Å². The van der Waals surface area contributed by atoms with Crippen molar-refractivity contribution in [3.8, 4) is 0 Å². The van der Waals surface area contributed by atoms with Crippen molar-refractivity contribution in [2.75, 3.05) is 44.2 Å². The Morgan fingerprint density at radius 3 is 2.35 bits per heavy atom. The number of amides is 2. The monoisotopic (exact) mass is 532 g/mol. The highest BCUT2D eigenvalue weighted by molar-refractivity contribution is 8.32. The van der Waals surface area contributed by atoms with Gasteiger partial charge in [0.15, 0.2) is 0 Å². The lowest BCUT2D eigenvalue weighted by atomic mass is 9.96. The molecule has 2 heterocycles. The molecule has 2 fully saturated rings. The van der Waals surface area contributed by atoms with Crippen molar-refractivity contribution in [2.24, 2.45) is 17.8 Å². The molecule has 0 bridgehead atoms. The van der Waals surface area contributed by atoms with E-state index in [-0.39, 0.29) is 29.8 Å². The average Bonchev–Trinajstić information content (AvgIpc) is 3.07. The Labute approximate surface area is 222 Å². The van der Waals surface area contributed by atoms with Gasteiger partial charge in [-0.25, -0.2) is 19.5 Å². The van der Waals surface area contributed by atoms with Gasteiger partial charge in [-0.3, -0.25) is 4.79 Å². The third-order valence-electron chi connectivity index (χ3n) is 7.20. The first-order valence-corrected chi connectivity index (χ1v) is 16.1. The molecule has 1 saturated carbocycles. The Morgan fingerprint density at radius 1 is 1.11 bits per heavy atom. The molecule has 0 radical (unpaired) electrons. The number of benzene rings is 1. The molecule has 8 nitrogen and oxygen atoms in total. The number of likely N-dealkylation sites (tertiary alicyclic amines) is 1. The first-order valence-electron chi connectivity index (χ1n) is 13.1. The summed E-state index contributed by atoms with van der Waals surface area (Å²) >= 11 is 0. The molecule has 3 atom stereocenters. The number of ether oxygens (including phenoxy) is 2. The van der Waals surface area contributed by atoms with Crippen molar-refractivity contribution in [3.63, 3.8) is 0 Å². The van der Waals surface area contributed by atoms with Crippen LogP contribution in [0.1, 0.15) is 45.9 Å². The normalized spacial score (nSPS) is 22.2. The molecule has 1 aromatic heterocycles. The molecule has 206 valence electrons. The maximum atomic E-state index is 13.3. The summed E-state index contributed by atoms with van der Waals surface area (Å²) < 4.78 is 13.4. The fraction of sp³-hybridized carbons (Fsp3) is 0.679. The first-order chi connectivity index (χ1) is 17.1. The van der Waals surface area contributed by atoms with Gasteiger partial charge in [0.25, 0.3) is 0 Å². The minimum Gasteiger partial charge on any atom is -0.444 e. The number of carbonyl (C=O) groups is 2. The van der Waals surface area contributed by atoms with Crippen LogP contribution in [0.2, 0.25) is 0 Å². The lowest BCUT2D eigenvalue weighted by Gasteiger charge is -2.27. The highest BCUT2D eigenvalue weighted by Gasteiger charge is 2.61. The van der Waals surface area contributed by atoms with Gasteiger partial charge in [-0.15, -0.1) is 0 Å². The number of rotatable bonds is 8. The standard InChI is InChI=1S/C28H44N4O4S/c1-18-11-10-12-19-23(18)32(17-35-13-14-37(7,8)9)30-24(19)28(5,6)29-25(33)22-20-15-31(16-21(20)22)26(34)36-27(2,3)4/h10-12,20-22H,13-17H2,1-9H3,(H,29,33)/t20-,21+,22?. The van der Waals surface area contributed by atoms with E-state index in [9.17, 15) is 9.59 Å². The number of piperidine rings is 1. The van der Waals surface area contributed by atoms with E-state index in [0.29, 0.717) is 26.4 Å². The Morgan fingerprint density at radius 2 is 1.76 bits per heavy atom. The Bertz CT molecular complexity index is 1170. The average molecular weight is 533 g/mol. The third kappa shape index (κ3) is 6.25. The predicted octanol–water partition coefficient (Wildman–Crippen LogP) is 4.48. The lowest BCUT2D eigenvalue weighted by molar-refractivity contribution is -0.125. The lowest BCUT2D eigenvalue weighted by Crippen LogP contribution is -2.44. The Hall–Kier alpha value is -2.26. The van der Waals surface area contributed by atoms with Crippen LogP contribution in [0, 0.1) is 24.7 Å². The van der Waals surface area contributed by atoms with Gasteiger partial charge in [0.1, 0.15) is 12.3 Å². The second kappa shape index (κ2) is 9.80. The number of hydrogen-bond acceptors (Lipinski definition) is 5. The van der Waals surface area contributed by atoms with E-state index < -0.39 is 21.2 Å². The van der Waals surface area contributed by atoms with Gasteiger partial charge >= 0.3 is 6.09 Å². The van der Waals surface area contributed by atoms with Crippen LogP contribution in [0.4, 0.5) is 4.79 Å². The van der Waals surface area contributed by atoms with E-state index in [2.05, 4.69) is 43.1 Å². The zero-order valence-corrected chi connectivity index (χ0v) is 24.7. The van der Waals surface area contributed by atoms with Gasteiger partial charge in [0.2, 0.25) is 5.91 Å². The fourth-order valence-electron chi connectivity index (χ4n) is 5.27.